The number of hydrogen-bond acceptors (Lipinski definition) is 4. The van der Waals surface area contributed by atoms with Crippen molar-refractivity contribution < 1.29 is 23.8 Å². The minimum atomic E-state index is -0.774. The number of aliphatic hydroxyl groups is 1. The van der Waals surface area contributed by atoms with Crippen LogP contribution < -0.4 is 5.32 Å². The molecule has 0 heterocycles. The number of esters is 1. The maximum Gasteiger partial charge on any atom is 0.307 e. The largest absolute Gasteiger partial charge is 0.466 e. The summed E-state index contributed by atoms with van der Waals surface area (Å²) in [5, 5.41) is 12.1. The van der Waals surface area contributed by atoms with Gasteiger partial charge in [0.2, 0.25) is 5.91 Å². The van der Waals surface area contributed by atoms with Gasteiger partial charge in [0.15, 0.2) is 0 Å². The van der Waals surface area contributed by atoms with Crippen molar-refractivity contribution in [3.05, 3.63) is 35.6 Å². The van der Waals surface area contributed by atoms with E-state index in [1.807, 2.05) is 0 Å². The highest BCUT2D eigenvalue weighted by molar-refractivity contribution is 5.89. The first-order chi connectivity index (χ1) is 11.0. The normalized spacial score (nSPS) is 17.0. The molecule has 1 aliphatic rings. The fourth-order valence-electron chi connectivity index (χ4n) is 2.87. The van der Waals surface area contributed by atoms with Crippen LogP contribution in [-0.2, 0) is 19.7 Å². The van der Waals surface area contributed by atoms with Crippen molar-refractivity contribution in [1.29, 1.82) is 0 Å². The predicted molar refractivity (Wildman–Crippen MR) is 82.2 cm³/mol. The minimum Gasteiger partial charge on any atom is -0.466 e. The van der Waals surface area contributed by atoms with Crippen LogP contribution in [0.5, 0.6) is 0 Å². The van der Waals surface area contributed by atoms with Gasteiger partial charge in [0, 0.05) is 0 Å². The van der Waals surface area contributed by atoms with Crippen molar-refractivity contribution in [3.8, 4) is 0 Å². The molecule has 6 heteroatoms. The van der Waals surface area contributed by atoms with Crippen LogP contribution in [-0.4, -0.2) is 36.2 Å². The number of rotatable bonds is 7. The second-order valence-electron chi connectivity index (χ2n) is 5.81. The molecular weight excluding hydrogens is 301 g/mol. The van der Waals surface area contributed by atoms with Crippen LogP contribution in [0.25, 0.3) is 0 Å². The van der Waals surface area contributed by atoms with E-state index < -0.39 is 17.4 Å². The average Bonchev–Trinajstić information content (AvgIpc) is 2.45. The van der Waals surface area contributed by atoms with Gasteiger partial charge in [0.05, 0.1) is 31.1 Å². The highest BCUT2D eigenvalue weighted by Gasteiger charge is 2.46. The Morgan fingerprint density at radius 3 is 2.70 bits per heavy atom. The molecule has 1 amide bonds. The molecule has 1 aromatic rings. The Labute approximate surface area is 134 Å². The molecule has 0 aromatic heterocycles. The maximum atomic E-state index is 13.5. The van der Waals surface area contributed by atoms with Crippen molar-refractivity contribution in [2.75, 3.05) is 13.2 Å². The fraction of sp³-hybridized carbons (Fsp3) is 0.529. The number of nitrogens with one attached hydrogen (secondary N) is 1. The molecule has 0 spiro atoms. The van der Waals surface area contributed by atoms with Crippen molar-refractivity contribution in [2.24, 2.45) is 0 Å². The third-order valence-corrected chi connectivity index (χ3v) is 4.29. The molecule has 1 aliphatic carbocycles. The fourth-order valence-corrected chi connectivity index (χ4v) is 2.87. The first-order valence-corrected chi connectivity index (χ1v) is 7.85. The molecule has 2 rings (SSSR count). The number of aliphatic hydroxyl groups excluding tert-OH is 1. The number of benzene rings is 1. The lowest BCUT2D eigenvalue weighted by Crippen LogP contribution is -2.53. The summed E-state index contributed by atoms with van der Waals surface area (Å²) in [7, 11) is 0. The number of amides is 1. The lowest BCUT2D eigenvalue weighted by Gasteiger charge is -2.41. The smallest absolute Gasteiger partial charge is 0.307 e. The zero-order valence-electron chi connectivity index (χ0n) is 13.2. The highest BCUT2D eigenvalue weighted by Crippen LogP contribution is 2.44. The molecule has 23 heavy (non-hydrogen) atoms. The Hall–Kier alpha value is -1.95. The summed E-state index contributed by atoms with van der Waals surface area (Å²) < 4.78 is 18.3. The molecule has 1 unspecified atom stereocenters. The SMILES string of the molecule is CCOC(=O)CC(CO)NC(=O)C1(c2cccc(F)c2)CCC1. The molecule has 0 radical (unpaired) electrons. The summed E-state index contributed by atoms with van der Waals surface area (Å²) in [5.74, 6) is -1.13. The summed E-state index contributed by atoms with van der Waals surface area (Å²) in [4.78, 5) is 24.2. The Bertz CT molecular complexity index is 571. The molecule has 5 nitrogen and oxygen atoms in total. The van der Waals surface area contributed by atoms with Crippen LogP contribution in [0.3, 0.4) is 0 Å². The van der Waals surface area contributed by atoms with Gasteiger partial charge in [-0.3, -0.25) is 9.59 Å². The third kappa shape index (κ3) is 3.88. The molecule has 0 saturated heterocycles. The number of carbonyl (C=O) groups excluding carboxylic acids is 2. The number of ether oxygens (including phenoxy) is 1. The van der Waals surface area contributed by atoms with E-state index >= 15 is 0 Å². The van der Waals surface area contributed by atoms with E-state index in [0.29, 0.717) is 18.4 Å². The Kier molecular flexibility index (Phi) is 5.71. The van der Waals surface area contributed by atoms with E-state index in [-0.39, 0.29) is 31.4 Å². The quantitative estimate of drug-likeness (QED) is 0.749. The van der Waals surface area contributed by atoms with Crippen LogP contribution in [0.4, 0.5) is 4.39 Å². The van der Waals surface area contributed by atoms with Crippen molar-refractivity contribution in [2.45, 2.75) is 44.1 Å². The predicted octanol–water partition coefficient (Wildman–Crippen LogP) is 1.68. The second kappa shape index (κ2) is 7.55. The van der Waals surface area contributed by atoms with Gasteiger partial charge in [-0.25, -0.2) is 4.39 Å². The molecule has 1 atom stereocenters. The molecule has 0 bridgehead atoms. The monoisotopic (exact) mass is 323 g/mol. The molecule has 0 aliphatic heterocycles. The average molecular weight is 323 g/mol. The minimum absolute atomic E-state index is 0.0880. The van der Waals surface area contributed by atoms with Crippen LogP contribution in [0.15, 0.2) is 24.3 Å². The van der Waals surface area contributed by atoms with Gasteiger partial charge in [-0.15, -0.1) is 0 Å². The topological polar surface area (TPSA) is 75.6 Å². The van der Waals surface area contributed by atoms with E-state index in [1.165, 1.54) is 12.1 Å². The molecule has 1 saturated carbocycles. The molecule has 126 valence electrons. The van der Waals surface area contributed by atoms with Crippen LogP contribution in [0.1, 0.15) is 38.2 Å². The Morgan fingerprint density at radius 1 is 1.43 bits per heavy atom. The summed E-state index contributed by atoms with van der Waals surface area (Å²) in [5.41, 5.74) is -0.140. The molecule has 1 aromatic carbocycles. The van der Waals surface area contributed by atoms with Gasteiger partial charge in [-0.05, 0) is 37.5 Å². The number of hydrogen-bond donors (Lipinski definition) is 2. The van der Waals surface area contributed by atoms with Crippen molar-refractivity contribution >= 4 is 11.9 Å². The van der Waals surface area contributed by atoms with E-state index in [0.717, 1.165) is 6.42 Å². The van der Waals surface area contributed by atoms with Gasteiger partial charge in [0.1, 0.15) is 5.82 Å². The second-order valence-corrected chi connectivity index (χ2v) is 5.81. The zero-order valence-corrected chi connectivity index (χ0v) is 13.2. The highest BCUT2D eigenvalue weighted by atomic mass is 19.1. The van der Waals surface area contributed by atoms with E-state index in [1.54, 1.807) is 19.1 Å². The lowest BCUT2D eigenvalue weighted by molar-refractivity contribution is -0.144. The molecule has 2 N–H and O–H groups in total. The van der Waals surface area contributed by atoms with Crippen LogP contribution in [0.2, 0.25) is 0 Å². The maximum absolute atomic E-state index is 13.5. The van der Waals surface area contributed by atoms with Gasteiger partial charge in [-0.2, -0.15) is 0 Å². The van der Waals surface area contributed by atoms with Gasteiger partial charge in [0.25, 0.3) is 0 Å². The van der Waals surface area contributed by atoms with Crippen LogP contribution >= 0.6 is 0 Å². The van der Waals surface area contributed by atoms with Gasteiger partial charge < -0.3 is 15.2 Å². The van der Waals surface area contributed by atoms with Crippen molar-refractivity contribution in [1.82, 2.24) is 5.32 Å². The number of halogens is 1. The van der Waals surface area contributed by atoms with E-state index in [4.69, 9.17) is 4.74 Å². The van der Waals surface area contributed by atoms with E-state index in [9.17, 15) is 19.1 Å². The summed E-state index contributed by atoms with van der Waals surface area (Å²) in [6.07, 6.45) is 2.04. The first-order valence-electron chi connectivity index (χ1n) is 7.85. The summed E-state index contributed by atoms with van der Waals surface area (Å²) in [6.45, 7) is 1.58. The standard InChI is InChI=1S/C17H22FNO4/c1-2-23-15(21)10-14(11-20)19-16(22)17(7-4-8-17)12-5-3-6-13(18)9-12/h3,5-6,9,14,20H,2,4,7-8,10-11H2,1H3,(H,19,22). The number of carbonyl (C=O) groups is 2. The lowest BCUT2D eigenvalue weighted by atomic mass is 9.63. The third-order valence-electron chi connectivity index (χ3n) is 4.29. The first kappa shape index (κ1) is 17.4. The Balaban J connectivity index is 2.09. The van der Waals surface area contributed by atoms with E-state index in [2.05, 4.69) is 5.32 Å². The van der Waals surface area contributed by atoms with Crippen molar-refractivity contribution in [3.63, 3.8) is 0 Å². The van der Waals surface area contributed by atoms with Crippen LogP contribution in [0, 0.1) is 5.82 Å². The zero-order chi connectivity index (χ0) is 16.9. The van der Waals surface area contributed by atoms with Gasteiger partial charge in [-0.1, -0.05) is 18.6 Å². The molecular formula is C17H22FNO4. The molecule has 1 fully saturated rings. The van der Waals surface area contributed by atoms with Gasteiger partial charge >= 0.3 is 5.97 Å². The summed E-state index contributed by atoms with van der Waals surface area (Å²) in [6, 6.07) is 5.33. The Morgan fingerprint density at radius 2 is 2.17 bits per heavy atom. The summed E-state index contributed by atoms with van der Waals surface area (Å²) >= 11 is 0.